The Morgan fingerprint density at radius 1 is 0.979 bits per heavy atom. The highest BCUT2D eigenvalue weighted by Crippen LogP contribution is 2.65. The van der Waals surface area contributed by atoms with Crippen LogP contribution in [0.1, 0.15) is 58.6 Å². The predicted octanol–water partition coefficient (Wildman–Crippen LogP) is 2.02. The van der Waals surface area contributed by atoms with Gasteiger partial charge in [0, 0.05) is 31.2 Å². The number of ketones is 1. The normalized spacial score (nSPS) is 24.8. The average molecular weight is 693 g/mol. The van der Waals surface area contributed by atoms with Crippen molar-refractivity contribution in [2.75, 3.05) is 6.54 Å². The third-order valence-corrected chi connectivity index (χ3v) is 10.8. The van der Waals surface area contributed by atoms with Gasteiger partial charge in [0.05, 0.1) is 0 Å². The number of ether oxygens (including phenoxy) is 1. The topological polar surface area (TPSA) is 177 Å². The number of Topliss-reactive ketones (excluding diaryl/α,β-unsaturated/α-hetero) is 1. The van der Waals surface area contributed by atoms with Crippen LogP contribution in [0, 0.1) is 29.1 Å². The smallest absolute Gasteiger partial charge is 0.329 e. The van der Waals surface area contributed by atoms with Crippen LogP contribution < -0.4 is 21.7 Å². The van der Waals surface area contributed by atoms with Crippen molar-refractivity contribution in [3.05, 3.63) is 35.4 Å². The maximum Gasteiger partial charge on any atom is 0.329 e. The van der Waals surface area contributed by atoms with Crippen LogP contribution >= 0.6 is 23.2 Å². The number of piperidine rings is 1. The molecule has 1 unspecified atom stereocenters. The first-order chi connectivity index (χ1) is 21.9. The fourth-order valence-corrected chi connectivity index (χ4v) is 7.64. The molecular weight excluding hydrogens is 649 g/mol. The van der Waals surface area contributed by atoms with Crippen LogP contribution in [0.4, 0.5) is 4.79 Å². The van der Waals surface area contributed by atoms with Gasteiger partial charge in [0.15, 0.2) is 0 Å². The standard InChI is InChI=1S/C33H43Cl2N5O7/c1-15(2)22(30(45)47-19-12-17-8-6-7-9-18(17)13-19)38-31(46)39-26(32(3,4)5)29(44)40-14-20-21(33(20,34)35)24(40)28(43)37-23(16-10-11-16)25(41)27(36)42/h6-9,15-16,19-24,26H,10-14H2,1-5H3,(H2,36,42)(H,37,43)(H2,38,39,46)/t20-,21-,22-,23?,24-,26+/m0/s1. The summed E-state index contributed by atoms with van der Waals surface area (Å²) >= 11 is 13.0. The molecule has 47 heavy (non-hydrogen) atoms. The number of hydrogen-bond donors (Lipinski definition) is 4. The Morgan fingerprint density at radius 2 is 1.57 bits per heavy atom. The van der Waals surface area contributed by atoms with Gasteiger partial charge in [0.1, 0.15) is 34.6 Å². The lowest BCUT2D eigenvalue weighted by molar-refractivity contribution is -0.152. The quantitative estimate of drug-likeness (QED) is 0.156. The van der Waals surface area contributed by atoms with E-state index < -0.39 is 81.3 Å². The molecule has 5 amide bonds. The van der Waals surface area contributed by atoms with E-state index in [-0.39, 0.29) is 24.5 Å². The average Bonchev–Trinajstić information content (AvgIpc) is 3.78. The van der Waals surface area contributed by atoms with E-state index in [1.807, 2.05) is 24.3 Å². The molecule has 0 bridgehead atoms. The summed E-state index contributed by atoms with van der Waals surface area (Å²) in [7, 11) is 0. The van der Waals surface area contributed by atoms with E-state index in [1.54, 1.807) is 34.6 Å². The fraction of sp³-hybridized carbons (Fsp3) is 0.636. The van der Waals surface area contributed by atoms with Gasteiger partial charge in [0.25, 0.3) is 5.91 Å². The van der Waals surface area contributed by atoms with Crippen LogP contribution in [0.2, 0.25) is 0 Å². The Kier molecular flexibility index (Phi) is 9.60. The number of amides is 5. The Bertz CT molecular complexity index is 1450. The number of carbonyl (C=O) groups is 6. The molecule has 5 rings (SSSR count). The van der Waals surface area contributed by atoms with Gasteiger partial charge in [-0.3, -0.25) is 19.2 Å². The number of nitrogens with two attached hydrogens (primary N) is 1. The molecule has 1 aromatic carbocycles. The lowest BCUT2D eigenvalue weighted by Crippen LogP contribution is -2.62. The first-order valence-corrected chi connectivity index (χ1v) is 16.8. The summed E-state index contributed by atoms with van der Waals surface area (Å²) in [5.74, 6) is -5.43. The number of carbonyl (C=O) groups excluding carboxylic acids is 6. The molecule has 6 atom stereocenters. The zero-order chi connectivity index (χ0) is 34.6. The van der Waals surface area contributed by atoms with Gasteiger partial charge in [-0.2, -0.15) is 0 Å². The van der Waals surface area contributed by atoms with Crippen molar-refractivity contribution in [3.63, 3.8) is 0 Å². The fourth-order valence-electron chi connectivity index (χ4n) is 6.82. The number of fused-ring (bicyclic) bond motifs is 2. The molecule has 1 saturated heterocycles. The monoisotopic (exact) mass is 691 g/mol. The van der Waals surface area contributed by atoms with Gasteiger partial charge in [-0.05, 0) is 41.2 Å². The summed E-state index contributed by atoms with van der Waals surface area (Å²) in [5, 5.41) is 8.06. The third kappa shape index (κ3) is 7.23. The predicted molar refractivity (Wildman–Crippen MR) is 173 cm³/mol. The van der Waals surface area contributed by atoms with Crippen molar-refractivity contribution in [3.8, 4) is 0 Å². The highest BCUT2D eigenvalue weighted by Gasteiger charge is 2.74. The number of alkyl halides is 2. The Labute approximate surface area is 284 Å². The summed E-state index contributed by atoms with van der Waals surface area (Å²) in [6.45, 7) is 8.89. The van der Waals surface area contributed by atoms with Crippen molar-refractivity contribution in [1.29, 1.82) is 0 Å². The second kappa shape index (κ2) is 12.9. The van der Waals surface area contributed by atoms with E-state index in [2.05, 4.69) is 16.0 Å². The molecule has 3 fully saturated rings. The Morgan fingerprint density at radius 3 is 2.09 bits per heavy atom. The molecule has 0 spiro atoms. The summed E-state index contributed by atoms with van der Waals surface area (Å²) in [6, 6.07) is 2.77. The van der Waals surface area contributed by atoms with Gasteiger partial charge < -0.3 is 31.3 Å². The minimum Gasteiger partial charge on any atom is -0.460 e. The molecule has 0 aromatic heterocycles. The third-order valence-electron chi connectivity index (χ3n) is 9.69. The number of rotatable bonds is 11. The molecule has 4 aliphatic rings. The molecule has 1 aromatic rings. The lowest BCUT2D eigenvalue weighted by atomic mass is 9.85. The summed E-state index contributed by atoms with van der Waals surface area (Å²) in [5.41, 5.74) is 6.64. The number of primary amides is 1. The molecule has 12 nitrogen and oxygen atoms in total. The lowest BCUT2D eigenvalue weighted by Gasteiger charge is -2.37. The van der Waals surface area contributed by atoms with Crippen molar-refractivity contribution in [1.82, 2.24) is 20.9 Å². The van der Waals surface area contributed by atoms with E-state index in [1.165, 1.54) is 4.90 Å². The first kappa shape index (κ1) is 34.9. The molecule has 3 aliphatic carbocycles. The maximum atomic E-state index is 14.2. The highest BCUT2D eigenvalue weighted by atomic mass is 35.5. The molecule has 2 saturated carbocycles. The van der Waals surface area contributed by atoms with E-state index in [0.717, 1.165) is 11.1 Å². The zero-order valence-corrected chi connectivity index (χ0v) is 28.7. The Balaban J connectivity index is 1.27. The second-order valence-corrected chi connectivity index (χ2v) is 16.1. The number of hydrogen-bond acceptors (Lipinski definition) is 7. The minimum absolute atomic E-state index is 0.0487. The molecule has 0 radical (unpaired) electrons. The van der Waals surface area contributed by atoms with Gasteiger partial charge in [-0.1, -0.05) is 58.9 Å². The maximum absolute atomic E-state index is 14.2. The summed E-state index contributed by atoms with van der Waals surface area (Å²) in [6.07, 6.45) is 2.13. The van der Waals surface area contributed by atoms with E-state index in [4.69, 9.17) is 33.7 Å². The molecule has 14 heteroatoms. The first-order valence-electron chi connectivity index (χ1n) is 16.1. The minimum atomic E-state index is -1.25. The van der Waals surface area contributed by atoms with E-state index in [0.29, 0.717) is 25.7 Å². The van der Waals surface area contributed by atoms with Crippen LogP contribution in [0.15, 0.2) is 24.3 Å². The van der Waals surface area contributed by atoms with Crippen LogP contribution in [0.5, 0.6) is 0 Å². The van der Waals surface area contributed by atoms with Gasteiger partial charge in [-0.25, -0.2) is 9.59 Å². The molecule has 256 valence electrons. The summed E-state index contributed by atoms with van der Waals surface area (Å²) in [4.78, 5) is 80.0. The summed E-state index contributed by atoms with van der Waals surface area (Å²) < 4.78 is 4.55. The van der Waals surface area contributed by atoms with Crippen LogP contribution in [-0.4, -0.2) is 81.6 Å². The molecule has 1 aliphatic heterocycles. The number of urea groups is 1. The van der Waals surface area contributed by atoms with E-state index in [9.17, 15) is 28.8 Å². The number of esters is 1. The van der Waals surface area contributed by atoms with Crippen LogP contribution in [0.25, 0.3) is 0 Å². The SMILES string of the molecule is CC(C)[C@H](NC(=O)N[C@H](C(=O)N1C[C@H]2[C@@H]([C@H]1C(=O)NC(C(=O)C(N)=O)C1CC1)C2(Cl)Cl)C(C)(C)C)C(=O)OC1Cc2ccccc2C1. The van der Waals surface area contributed by atoms with Crippen LogP contribution in [0.3, 0.4) is 0 Å². The van der Waals surface area contributed by atoms with Gasteiger partial charge in [-0.15, -0.1) is 23.2 Å². The molecular formula is C33H43Cl2N5O7. The highest BCUT2D eigenvalue weighted by molar-refractivity contribution is 6.51. The molecule has 5 N–H and O–H groups in total. The van der Waals surface area contributed by atoms with Gasteiger partial charge in [0.2, 0.25) is 17.6 Å². The van der Waals surface area contributed by atoms with Crippen molar-refractivity contribution >= 4 is 58.7 Å². The number of nitrogens with one attached hydrogen (secondary N) is 3. The number of likely N-dealkylation sites (tertiary alicyclic amines) is 1. The Hall–Kier alpha value is -3.38. The number of nitrogens with zero attached hydrogens (tertiary/aromatic N) is 1. The largest absolute Gasteiger partial charge is 0.460 e. The van der Waals surface area contributed by atoms with Crippen molar-refractivity contribution in [2.45, 2.75) is 94.9 Å². The number of halogens is 2. The zero-order valence-electron chi connectivity index (χ0n) is 27.2. The van der Waals surface area contributed by atoms with Crippen molar-refractivity contribution in [2.24, 2.45) is 34.8 Å². The molecule has 1 heterocycles. The van der Waals surface area contributed by atoms with E-state index >= 15 is 0 Å². The van der Waals surface area contributed by atoms with Crippen molar-refractivity contribution < 1.29 is 33.5 Å². The second-order valence-electron chi connectivity index (χ2n) is 14.7. The van der Waals surface area contributed by atoms with Gasteiger partial charge >= 0.3 is 12.0 Å². The number of benzene rings is 1. The van der Waals surface area contributed by atoms with Crippen LogP contribution in [-0.2, 0) is 41.6 Å².